The third-order valence-electron chi connectivity index (χ3n) is 12.1. The molecule has 0 aliphatic rings. The van der Waals surface area contributed by atoms with Gasteiger partial charge in [0.15, 0.2) is 0 Å². The first-order valence-electron chi connectivity index (χ1n) is 25.5. The van der Waals surface area contributed by atoms with Gasteiger partial charge in [-0.25, -0.2) is 0 Å². The van der Waals surface area contributed by atoms with E-state index in [0.29, 0.717) is 12.8 Å². The van der Waals surface area contributed by atoms with Gasteiger partial charge >= 0.3 is 0 Å². The van der Waals surface area contributed by atoms with E-state index in [-0.39, 0.29) is 12.5 Å². The average Bonchev–Trinajstić information content (AvgIpc) is 3.20. The van der Waals surface area contributed by atoms with E-state index >= 15 is 0 Å². The van der Waals surface area contributed by atoms with Gasteiger partial charge in [0.1, 0.15) is 6.10 Å². The van der Waals surface area contributed by atoms with Gasteiger partial charge in [-0.15, -0.1) is 0 Å². The summed E-state index contributed by atoms with van der Waals surface area (Å²) in [4.78, 5) is 12.5. The van der Waals surface area contributed by atoms with Crippen molar-refractivity contribution in [2.24, 2.45) is 0 Å². The highest BCUT2D eigenvalue weighted by Crippen LogP contribution is 2.17. The van der Waals surface area contributed by atoms with Crippen LogP contribution in [0, 0.1) is 0 Å². The number of aliphatic hydroxyl groups is 3. The van der Waals surface area contributed by atoms with Crippen LogP contribution in [0.1, 0.15) is 284 Å². The Morgan fingerprint density at radius 2 is 0.714 bits per heavy atom. The van der Waals surface area contributed by atoms with E-state index in [2.05, 4.69) is 31.3 Å². The summed E-state index contributed by atoms with van der Waals surface area (Å²) in [5.74, 6) is -0.149. The van der Waals surface area contributed by atoms with Crippen molar-refractivity contribution < 1.29 is 20.1 Å². The molecule has 0 fully saturated rings. The minimum Gasteiger partial charge on any atom is -0.394 e. The molecular weight excluding hydrogens is 691 g/mol. The molecule has 5 nitrogen and oxygen atoms in total. The van der Waals surface area contributed by atoms with Crippen LogP contribution in [0.3, 0.4) is 0 Å². The molecule has 334 valence electrons. The average molecular weight is 792 g/mol. The van der Waals surface area contributed by atoms with E-state index < -0.39 is 18.2 Å². The maximum absolute atomic E-state index is 12.5. The molecule has 0 aliphatic heterocycles. The first kappa shape index (κ1) is 55.1. The number of nitrogens with one attached hydrogen (secondary N) is 1. The van der Waals surface area contributed by atoms with Crippen molar-refractivity contribution in [1.29, 1.82) is 0 Å². The van der Waals surface area contributed by atoms with Crippen LogP contribution in [-0.4, -0.2) is 46.1 Å². The second-order valence-electron chi connectivity index (χ2n) is 17.7. The molecule has 0 radical (unpaired) electrons. The summed E-state index contributed by atoms with van der Waals surface area (Å²) >= 11 is 0. The number of amides is 1. The molecule has 0 spiro atoms. The Kier molecular flexibility index (Phi) is 46.0. The zero-order valence-corrected chi connectivity index (χ0v) is 38.0. The van der Waals surface area contributed by atoms with Crippen molar-refractivity contribution in [2.75, 3.05) is 6.61 Å². The van der Waals surface area contributed by atoms with Crippen LogP contribution in [0.5, 0.6) is 0 Å². The van der Waals surface area contributed by atoms with E-state index in [1.807, 2.05) is 0 Å². The Labute approximate surface area is 350 Å². The molecule has 0 aromatic carbocycles. The molecule has 0 rings (SSSR count). The van der Waals surface area contributed by atoms with Gasteiger partial charge in [0.05, 0.1) is 18.8 Å². The standard InChI is InChI=1S/C51H101NO4/c1-3-5-7-9-11-13-15-17-18-19-20-21-22-23-24-25-26-27-28-29-30-31-32-34-36-38-40-42-44-46-50(55)52-48(47-53)51(56)49(54)45-43-41-39-37-35-33-16-14-12-10-8-6-4-2/h37,39,48-49,51,53-54,56H,3-36,38,40-47H2,1-2H3,(H,52,55)/b39-37+. The lowest BCUT2D eigenvalue weighted by molar-refractivity contribution is -0.124. The van der Waals surface area contributed by atoms with Crippen LogP contribution in [0.25, 0.3) is 0 Å². The van der Waals surface area contributed by atoms with Crippen LogP contribution < -0.4 is 5.32 Å². The molecule has 4 N–H and O–H groups in total. The number of carbonyl (C=O) groups excluding carboxylic acids is 1. The van der Waals surface area contributed by atoms with Gasteiger partial charge < -0.3 is 20.6 Å². The fraction of sp³-hybridized carbons (Fsp3) is 0.941. The second kappa shape index (κ2) is 46.8. The van der Waals surface area contributed by atoms with Crippen molar-refractivity contribution in [1.82, 2.24) is 5.32 Å². The number of rotatable bonds is 47. The van der Waals surface area contributed by atoms with Gasteiger partial charge in [0, 0.05) is 6.42 Å². The molecule has 0 aromatic rings. The maximum atomic E-state index is 12.5. The fourth-order valence-electron chi connectivity index (χ4n) is 8.17. The summed E-state index contributed by atoms with van der Waals surface area (Å²) in [7, 11) is 0. The van der Waals surface area contributed by atoms with Crippen LogP contribution >= 0.6 is 0 Å². The lowest BCUT2D eigenvalue weighted by Crippen LogP contribution is -2.50. The van der Waals surface area contributed by atoms with Gasteiger partial charge in [0.25, 0.3) is 0 Å². The highest BCUT2D eigenvalue weighted by Gasteiger charge is 2.26. The first-order valence-corrected chi connectivity index (χ1v) is 25.5. The Morgan fingerprint density at radius 1 is 0.429 bits per heavy atom. The van der Waals surface area contributed by atoms with Crippen LogP contribution in [-0.2, 0) is 4.79 Å². The molecule has 0 aliphatic carbocycles. The van der Waals surface area contributed by atoms with Crippen molar-refractivity contribution in [3.63, 3.8) is 0 Å². The Morgan fingerprint density at radius 3 is 1.04 bits per heavy atom. The molecule has 0 saturated heterocycles. The Bertz CT molecular complexity index is 788. The largest absolute Gasteiger partial charge is 0.394 e. The Hall–Kier alpha value is -0.910. The predicted octanol–water partition coefficient (Wildman–Crippen LogP) is 15.2. The molecule has 0 heterocycles. The van der Waals surface area contributed by atoms with E-state index in [4.69, 9.17) is 0 Å². The van der Waals surface area contributed by atoms with E-state index in [9.17, 15) is 20.1 Å². The Balaban J connectivity index is 3.49. The SMILES string of the molecule is CCCCCCCCCC/C=C/CCCC(O)C(O)C(CO)NC(=O)CCCCCCCCCCCCCCCCCCCCCCCCCCCCCCC. The van der Waals surface area contributed by atoms with E-state index in [1.165, 1.54) is 218 Å². The smallest absolute Gasteiger partial charge is 0.220 e. The van der Waals surface area contributed by atoms with Crippen LogP contribution in [0.15, 0.2) is 12.2 Å². The number of unbranched alkanes of at least 4 members (excludes halogenated alkanes) is 37. The minimum atomic E-state index is -1.15. The monoisotopic (exact) mass is 792 g/mol. The highest BCUT2D eigenvalue weighted by molar-refractivity contribution is 5.76. The summed E-state index contributed by atoms with van der Waals surface area (Å²) in [6, 6.07) is -0.821. The van der Waals surface area contributed by atoms with Gasteiger partial charge in [-0.3, -0.25) is 4.79 Å². The molecule has 0 aromatic heterocycles. The van der Waals surface area contributed by atoms with Crippen molar-refractivity contribution in [2.45, 2.75) is 302 Å². The second-order valence-corrected chi connectivity index (χ2v) is 17.7. The van der Waals surface area contributed by atoms with Crippen molar-refractivity contribution in [3.8, 4) is 0 Å². The van der Waals surface area contributed by atoms with Crippen LogP contribution in [0.4, 0.5) is 0 Å². The topological polar surface area (TPSA) is 89.8 Å². The van der Waals surface area contributed by atoms with Crippen molar-refractivity contribution in [3.05, 3.63) is 12.2 Å². The third-order valence-corrected chi connectivity index (χ3v) is 12.1. The third kappa shape index (κ3) is 41.3. The fourth-order valence-corrected chi connectivity index (χ4v) is 8.17. The summed E-state index contributed by atoms with van der Waals surface area (Å²) in [5.41, 5.74) is 0. The molecule has 1 amide bonds. The summed E-state index contributed by atoms with van der Waals surface area (Å²) in [5, 5.41) is 33.5. The molecule has 3 atom stereocenters. The quantitative estimate of drug-likeness (QED) is 0.0365. The zero-order chi connectivity index (χ0) is 40.8. The molecular formula is C51H101NO4. The first-order chi connectivity index (χ1) is 27.6. The molecule has 3 unspecified atom stereocenters. The molecule has 56 heavy (non-hydrogen) atoms. The van der Waals surface area contributed by atoms with E-state index in [1.54, 1.807) is 0 Å². The van der Waals surface area contributed by atoms with Gasteiger partial charge in [-0.2, -0.15) is 0 Å². The number of aliphatic hydroxyl groups excluding tert-OH is 3. The molecule has 5 heteroatoms. The summed E-state index contributed by atoms with van der Waals surface area (Å²) in [6.07, 6.45) is 56.5. The minimum absolute atomic E-state index is 0.149. The van der Waals surface area contributed by atoms with E-state index in [0.717, 1.165) is 38.5 Å². The maximum Gasteiger partial charge on any atom is 0.220 e. The summed E-state index contributed by atoms with van der Waals surface area (Å²) < 4.78 is 0. The predicted molar refractivity (Wildman–Crippen MR) is 245 cm³/mol. The van der Waals surface area contributed by atoms with Crippen molar-refractivity contribution >= 4 is 5.91 Å². The number of allylic oxidation sites excluding steroid dienone is 2. The number of hydrogen-bond donors (Lipinski definition) is 4. The van der Waals surface area contributed by atoms with Crippen LogP contribution in [0.2, 0.25) is 0 Å². The van der Waals surface area contributed by atoms with Gasteiger partial charge in [-0.1, -0.05) is 251 Å². The molecule has 0 saturated carbocycles. The van der Waals surface area contributed by atoms with Gasteiger partial charge in [0.2, 0.25) is 5.91 Å². The number of hydrogen-bond acceptors (Lipinski definition) is 4. The number of carbonyl (C=O) groups is 1. The summed E-state index contributed by atoms with van der Waals surface area (Å²) in [6.45, 7) is 4.18. The lowest BCUT2D eigenvalue weighted by atomic mass is 10.0. The molecule has 0 bridgehead atoms. The normalized spacial score (nSPS) is 13.4. The zero-order valence-electron chi connectivity index (χ0n) is 38.0. The lowest BCUT2D eigenvalue weighted by Gasteiger charge is -2.26. The van der Waals surface area contributed by atoms with Gasteiger partial charge in [-0.05, 0) is 38.5 Å². The highest BCUT2D eigenvalue weighted by atomic mass is 16.3.